The van der Waals surface area contributed by atoms with Gasteiger partial charge in [-0.1, -0.05) is 32.9 Å². The molecule has 18 heavy (non-hydrogen) atoms. The van der Waals surface area contributed by atoms with Crippen LogP contribution in [0, 0.1) is 6.92 Å². The highest BCUT2D eigenvalue weighted by Gasteiger charge is 2.15. The summed E-state index contributed by atoms with van der Waals surface area (Å²) in [5.41, 5.74) is 10.3. The maximum atomic E-state index is 5.65. The number of nitrogens with two attached hydrogens (primary N) is 1. The van der Waals surface area contributed by atoms with Gasteiger partial charge in [-0.3, -0.25) is 0 Å². The first-order valence-electron chi connectivity index (χ1n) is 6.08. The molecule has 0 fully saturated rings. The van der Waals surface area contributed by atoms with Crippen LogP contribution in [0.4, 0.5) is 5.95 Å². The molecule has 3 nitrogen and oxygen atoms in total. The van der Waals surface area contributed by atoms with Crippen LogP contribution in [0.25, 0.3) is 11.3 Å². The lowest BCUT2D eigenvalue weighted by Gasteiger charge is -2.20. The fourth-order valence-corrected chi connectivity index (χ4v) is 1.89. The molecule has 2 N–H and O–H groups in total. The van der Waals surface area contributed by atoms with Gasteiger partial charge in [-0.15, -0.1) is 0 Å². The van der Waals surface area contributed by atoms with E-state index in [2.05, 4.69) is 55.9 Å². The van der Waals surface area contributed by atoms with E-state index < -0.39 is 0 Å². The van der Waals surface area contributed by atoms with Crippen molar-refractivity contribution in [2.45, 2.75) is 33.1 Å². The topological polar surface area (TPSA) is 51.8 Å². The van der Waals surface area contributed by atoms with Crippen molar-refractivity contribution in [3.05, 3.63) is 41.6 Å². The summed E-state index contributed by atoms with van der Waals surface area (Å²) >= 11 is 0. The molecule has 0 saturated carbocycles. The second kappa shape index (κ2) is 4.41. The summed E-state index contributed by atoms with van der Waals surface area (Å²) in [5.74, 6) is 0.313. The lowest BCUT2D eigenvalue weighted by Crippen LogP contribution is -2.11. The Kier molecular flexibility index (Phi) is 3.07. The van der Waals surface area contributed by atoms with Crippen LogP contribution in [0.5, 0.6) is 0 Å². The zero-order chi connectivity index (χ0) is 13.3. The van der Waals surface area contributed by atoms with Gasteiger partial charge in [-0.2, -0.15) is 0 Å². The SMILES string of the molecule is Cc1ccc(C(C)(C)C)cc1-c1ccnc(N)n1. The molecule has 0 bridgehead atoms. The van der Waals surface area contributed by atoms with Gasteiger partial charge < -0.3 is 5.73 Å². The van der Waals surface area contributed by atoms with Crippen LogP contribution in [0.15, 0.2) is 30.5 Å². The molecule has 94 valence electrons. The third-order valence-corrected chi connectivity index (χ3v) is 3.05. The van der Waals surface area contributed by atoms with E-state index in [4.69, 9.17) is 5.73 Å². The van der Waals surface area contributed by atoms with E-state index in [9.17, 15) is 0 Å². The van der Waals surface area contributed by atoms with Gasteiger partial charge in [-0.25, -0.2) is 9.97 Å². The fraction of sp³-hybridized carbons (Fsp3) is 0.333. The van der Waals surface area contributed by atoms with Crippen LogP contribution in [-0.4, -0.2) is 9.97 Å². The van der Waals surface area contributed by atoms with E-state index in [1.54, 1.807) is 6.20 Å². The molecule has 2 aromatic rings. The summed E-state index contributed by atoms with van der Waals surface area (Å²) in [6.07, 6.45) is 1.70. The fourth-order valence-electron chi connectivity index (χ4n) is 1.89. The van der Waals surface area contributed by atoms with Gasteiger partial charge >= 0.3 is 0 Å². The molecule has 0 unspecified atom stereocenters. The molecule has 1 aromatic carbocycles. The van der Waals surface area contributed by atoms with Crippen molar-refractivity contribution in [1.82, 2.24) is 9.97 Å². The number of aromatic nitrogens is 2. The summed E-state index contributed by atoms with van der Waals surface area (Å²) < 4.78 is 0. The molecule has 0 radical (unpaired) electrons. The van der Waals surface area contributed by atoms with Crippen molar-refractivity contribution >= 4 is 5.95 Å². The number of rotatable bonds is 1. The van der Waals surface area contributed by atoms with E-state index in [0.717, 1.165) is 11.3 Å². The van der Waals surface area contributed by atoms with Crippen LogP contribution in [0.3, 0.4) is 0 Å². The number of hydrogen-bond donors (Lipinski definition) is 1. The van der Waals surface area contributed by atoms with Crippen molar-refractivity contribution < 1.29 is 0 Å². The van der Waals surface area contributed by atoms with E-state index in [-0.39, 0.29) is 5.41 Å². The summed E-state index contributed by atoms with van der Waals surface area (Å²) in [6, 6.07) is 8.39. The Hall–Kier alpha value is -1.90. The molecule has 0 aliphatic heterocycles. The molecule has 0 aliphatic carbocycles. The van der Waals surface area contributed by atoms with Crippen LogP contribution in [0.2, 0.25) is 0 Å². The van der Waals surface area contributed by atoms with Gasteiger partial charge in [0.15, 0.2) is 0 Å². The number of hydrogen-bond acceptors (Lipinski definition) is 3. The van der Waals surface area contributed by atoms with Gasteiger partial charge in [0.05, 0.1) is 5.69 Å². The minimum atomic E-state index is 0.126. The molecular formula is C15H19N3. The molecule has 2 rings (SSSR count). The minimum absolute atomic E-state index is 0.126. The maximum absolute atomic E-state index is 5.65. The van der Waals surface area contributed by atoms with Crippen LogP contribution < -0.4 is 5.73 Å². The number of nitrogens with zero attached hydrogens (tertiary/aromatic N) is 2. The predicted molar refractivity (Wildman–Crippen MR) is 75.3 cm³/mol. The van der Waals surface area contributed by atoms with E-state index >= 15 is 0 Å². The molecule has 0 spiro atoms. The van der Waals surface area contributed by atoms with Gasteiger partial charge in [0.25, 0.3) is 0 Å². The van der Waals surface area contributed by atoms with E-state index in [0.29, 0.717) is 5.95 Å². The van der Waals surface area contributed by atoms with E-state index in [1.165, 1.54) is 11.1 Å². The highest BCUT2D eigenvalue weighted by Crippen LogP contribution is 2.29. The van der Waals surface area contributed by atoms with Gasteiger partial charge in [0.2, 0.25) is 5.95 Å². The maximum Gasteiger partial charge on any atom is 0.220 e. The van der Waals surface area contributed by atoms with Crippen molar-refractivity contribution in [2.75, 3.05) is 5.73 Å². The Bertz CT molecular complexity index is 568. The standard InChI is InChI=1S/C15H19N3/c1-10-5-6-11(15(2,3)4)9-12(10)13-7-8-17-14(16)18-13/h5-9H,1-4H3,(H2,16,17,18). The monoisotopic (exact) mass is 241 g/mol. The molecule has 0 atom stereocenters. The average Bonchev–Trinajstić information content (AvgIpc) is 2.28. The Morgan fingerprint density at radius 2 is 1.83 bits per heavy atom. The third-order valence-electron chi connectivity index (χ3n) is 3.05. The number of anilines is 1. The molecule has 1 aromatic heterocycles. The normalized spacial score (nSPS) is 11.6. The van der Waals surface area contributed by atoms with Crippen LogP contribution in [-0.2, 0) is 5.41 Å². The summed E-state index contributed by atoms with van der Waals surface area (Å²) in [5, 5.41) is 0. The van der Waals surface area contributed by atoms with Gasteiger partial charge in [0, 0.05) is 11.8 Å². The van der Waals surface area contributed by atoms with Crippen molar-refractivity contribution in [2.24, 2.45) is 0 Å². The predicted octanol–water partition coefficient (Wildman–Crippen LogP) is 3.33. The second-order valence-corrected chi connectivity index (χ2v) is 5.58. The third kappa shape index (κ3) is 2.50. The first kappa shape index (κ1) is 12.6. The summed E-state index contributed by atoms with van der Waals surface area (Å²) in [6.45, 7) is 8.70. The molecular weight excluding hydrogens is 222 g/mol. The highest BCUT2D eigenvalue weighted by molar-refractivity contribution is 5.65. The molecule has 0 amide bonds. The van der Waals surface area contributed by atoms with Crippen LogP contribution in [0.1, 0.15) is 31.9 Å². The smallest absolute Gasteiger partial charge is 0.220 e. The zero-order valence-electron chi connectivity index (χ0n) is 11.4. The Morgan fingerprint density at radius 1 is 1.11 bits per heavy atom. The minimum Gasteiger partial charge on any atom is -0.368 e. The van der Waals surface area contributed by atoms with Crippen LogP contribution >= 0.6 is 0 Å². The molecule has 0 saturated heterocycles. The first-order valence-corrected chi connectivity index (χ1v) is 6.08. The number of benzene rings is 1. The molecule has 0 aliphatic rings. The average molecular weight is 241 g/mol. The van der Waals surface area contributed by atoms with E-state index in [1.807, 2.05) is 6.07 Å². The lowest BCUT2D eigenvalue weighted by molar-refractivity contribution is 0.590. The summed E-state index contributed by atoms with van der Waals surface area (Å²) in [4.78, 5) is 8.23. The Labute approximate surface area is 108 Å². The lowest BCUT2D eigenvalue weighted by atomic mass is 9.85. The van der Waals surface area contributed by atoms with Gasteiger partial charge in [-0.05, 0) is 35.6 Å². The quantitative estimate of drug-likeness (QED) is 0.833. The molecule has 1 heterocycles. The largest absolute Gasteiger partial charge is 0.368 e. The number of aryl methyl sites for hydroxylation is 1. The molecule has 3 heteroatoms. The second-order valence-electron chi connectivity index (χ2n) is 5.58. The highest BCUT2D eigenvalue weighted by atomic mass is 15.0. The number of nitrogen functional groups attached to an aromatic ring is 1. The first-order chi connectivity index (χ1) is 8.38. The van der Waals surface area contributed by atoms with Crippen molar-refractivity contribution in [3.8, 4) is 11.3 Å². The van der Waals surface area contributed by atoms with Crippen molar-refractivity contribution in [3.63, 3.8) is 0 Å². The summed E-state index contributed by atoms with van der Waals surface area (Å²) in [7, 11) is 0. The van der Waals surface area contributed by atoms with Gasteiger partial charge in [0.1, 0.15) is 0 Å². The van der Waals surface area contributed by atoms with Crippen molar-refractivity contribution in [1.29, 1.82) is 0 Å². The Morgan fingerprint density at radius 3 is 2.44 bits per heavy atom. The Balaban J connectivity index is 2.57. The zero-order valence-corrected chi connectivity index (χ0v) is 11.4.